The van der Waals surface area contributed by atoms with Gasteiger partial charge in [0.1, 0.15) is 6.10 Å². The average Bonchev–Trinajstić information content (AvgIpc) is 3.56. The lowest BCUT2D eigenvalue weighted by Crippen LogP contribution is -2.58. The van der Waals surface area contributed by atoms with Gasteiger partial charge in [-0.1, -0.05) is 69.3 Å². The van der Waals surface area contributed by atoms with Crippen LogP contribution in [0.1, 0.15) is 106 Å². The first kappa shape index (κ1) is 37.7. The first-order chi connectivity index (χ1) is 26.4. The van der Waals surface area contributed by atoms with Crippen molar-refractivity contribution in [2.24, 2.45) is 46.3 Å². The third kappa shape index (κ3) is 6.54. The van der Waals surface area contributed by atoms with Gasteiger partial charge in [0.15, 0.2) is 0 Å². The van der Waals surface area contributed by atoms with Crippen LogP contribution in [0.25, 0.3) is 32.7 Å². The van der Waals surface area contributed by atoms with Gasteiger partial charge < -0.3 is 19.3 Å². The van der Waals surface area contributed by atoms with E-state index in [4.69, 9.17) is 14.2 Å². The van der Waals surface area contributed by atoms with Crippen molar-refractivity contribution in [3.63, 3.8) is 0 Å². The summed E-state index contributed by atoms with van der Waals surface area (Å²) in [5, 5.41) is 15.8. The van der Waals surface area contributed by atoms with Gasteiger partial charge in [0.2, 0.25) is 0 Å². The molecule has 0 bridgehead atoms. The first-order valence-corrected chi connectivity index (χ1v) is 20.5. The van der Waals surface area contributed by atoms with Crippen LogP contribution in [0.15, 0.2) is 72.8 Å². The highest BCUT2D eigenvalue weighted by atomic mass is 16.5. The van der Waals surface area contributed by atoms with Crippen molar-refractivity contribution < 1.29 is 33.7 Å². The number of esters is 3. The van der Waals surface area contributed by atoms with Crippen molar-refractivity contribution in [3.05, 3.63) is 83.9 Å². The lowest BCUT2D eigenvalue weighted by Gasteiger charge is -2.62. The van der Waals surface area contributed by atoms with Crippen molar-refractivity contribution in [2.75, 3.05) is 14.2 Å². The van der Waals surface area contributed by atoms with Crippen LogP contribution in [0.2, 0.25) is 0 Å². The Labute approximate surface area is 325 Å². The van der Waals surface area contributed by atoms with Crippen LogP contribution in [0, 0.1) is 46.3 Å². The summed E-state index contributed by atoms with van der Waals surface area (Å²) in [5.41, 5.74) is 2.36. The van der Waals surface area contributed by atoms with Crippen molar-refractivity contribution in [2.45, 2.75) is 97.2 Å². The van der Waals surface area contributed by atoms with Gasteiger partial charge in [-0.15, -0.1) is 0 Å². The summed E-state index contributed by atoms with van der Waals surface area (Å²) in [7, 11) is 2.85. The van der Waals surface area contributed by atoms with E-state index in [2.05, 4.69) is 20.8 Å². The van der Waals surface area contributed by atoms with Crippen LogP contribution < -0.4 is 0 Å². The molecule has 4 aliphatic carbocycles. The zero-order valence-corrected chi connectivity index (χ0v) is 33.0. The van der Waals surface area contributed by atoms with E-state index in [0.717, 1.165) is 79.3 Å². The van der Waals surface area contributed by atoms with E-state index in [0.29, 0.717) is 52.3 Å². The summed E-state index contributed by atoms with van der Waals surface area (Å²) < 4.78 is 16.7. The Morgan fingerprint density at radius 3 is 1.89 bits per heavy atom. The van der Waals surface area contributed by atoms with Crippen molar-refractivity contribution in [1.29, 1.82) is 0 Å². The number of ether oxygens (including phenoxy) is 3. The van der Waals surface area contributed by atoms with Crippen LogP contribution >= 0.6 is 0 Å². The maximum absolute atomic E-state index is 14.4. The predicted octanol–water partition coefficient (Wildman–Crippen LogP) is 10.2. The minimum atomic E-state index is -0.460. The summed E-state index contributed by atoms with van der Waals surface area (Å²) >= 11 is 0. The molecule has 4 fully saturated rings. The molecule has 4 saturated carbocycles. The number of hydrogen-bond acceptors (Lipinski definition) is 7. The van der Waals surface area contributed by atoms with Crippen LogP contribution in [-0.4, -0.2) is 49.4 Å². The fourth-order valence-corrected chi connectivity index (χ4v) is 12.5. The number of hydrogen-bond donors (Lipinski definition) is 1. The van der Waals surface area contributed by atoms with E-state index in [1.807, 2.05) is 72.8 Å². The second-order valence-electron chi connectivity index (χ2n) is 17.9. The molecule has 0 spiro atoms. The molecule has 0 heterocycles. The number of carbonyl (C=O) groups is 3. The molecular formula is C48H56O7. The maximum atomic E-state index is 14.4. The molecule has 0 radical (unpaired) electrons. The summed E-state index contributed by atoms with van der Waals surface area (Å²) in [4.78, 5) is 39.6. The SMILES string of the molecule is COC(=O)CC[C@@H](C)[C@H]1CC[C@H]2[C@@H]3[C@H](O)C[C@@H]4C[C@H](OC(=O)c5cc6ccccc6cc5-c5cc6ccccc6cc5C(=O)OC)CC[C@]4(C)[C@H]3CC[C@]12C. The van der Waals surface area contributed by atoms with Gasteiger partial charge in [0.25, 0.3) is 0 Å². The monoisotopic (exact) mass is 744 g/mol. The minimum Gasteiger partial charge on any atom is -0.469 e. The zero-order valence-electron chi connectivity index (χ0n) is 33.0. The minimum absolute atomic E-state index is 0.0807. The normalized spacial score (nSPS) is 31.9. The van der Waals surface area contributed by atoms with E-state index >= 15 is 0 Å². The third-order valence-electron chi connectivity index (χ3n) is 15.4. The van der Waals surface area contributed by atoms with Crippen LogP contribution in [-0.2, 0) is 19.0 Å². The van der Waals surface area contributed by atoms with E-state index in [-0.39, 0.29) is 46.8 Å². The maximum Gasteiger partial charge on any atom is 0.339 e. The molecule has 0 saturated heterocycles. The fourth-order valence-electron chi connectivity index (χ4n) is 12.5. The summed E-state index contributed by atoms with van der Waals surface area (Å²) in [6.07, 6.45) is 8.50. The molecule has 0 aliphatic heterocycles. The molecule has 55 heavy (non-hydrogen) atoms. The van der Waals surface area contributed by atoms with Gasteiger partial charge in [0.05, 0.1) is 31.5 Å². The highest BCUT2D eigenvalue weighted by Crippen LogP contribution is 2.68. The summed E-state index contributed by atoms with van der Waals surface area (Å²) in [5.74, 6) is 1.48. The van der Waals surface area contributed by atoms with E-state index < -0.39 is 5.97 Å². The molecule has 10 atom stereocenters. The molecule has 4 aromatic rings. The summed E-state index contributed by atoms with van der Waals surface area (Å²) in [6, 6.07) is 23.5. The Kier molecular flexibility index (Phi) is 10.1. The van der Waals surface area contributed by atoms with Crippen LogP contribution in [0.3, 0.4) is 0 Å². The molecule has 1 N–H and O–H groups in total. The quantitative estimate of drug-likeness (QED) is 0.142. The largest absolute Gasteiger partial charge is 0.469 e. The highest BCUT2D eigenvalue weighted by Gasteiger charge is 2.63. The number of aliphatic hydroxyl groups excluding tert-OH is 1. The predicted molar refractivity (Wildman–Crippen MR) is 214 cm³/mol. The lowest BCUT2D eigenvalue weighted by molar-refractivity contribution is -0.174. The average molecular weight is 745 g/mol. The molecule has 7 nitrogen and oxygen atoms in total. The Morgan fingerprint density at radius 2 is 1.29 bits per heavy atom. The van der Waals surface area contributed by atoms with E-state index in [1.165, 1.54) is 14.2 Å². The number of methoxy groups -OCH3 is 2. The topological polar surface area (TPSA) is 99.1 Å². The molecular weight excluding hydrogens is 689 g/mol. The summed E-state index contributed by atoms with van der Waals surface area (Å²) in [6.45, 7) is 7.25. The first-order valence-electron chi connectivity index (χ1n) is 20.5. The molecule has 0 aromatic heterocycles. The molecule has 4 aromatic carbocycles. The van der Waals surface area contributed by atoms with Gasteiger partial charge in [-0.3, -0.25) is 4.79 Å². The fraction of sp³-hybridized carbons (Fsp3) is 0.521. The van der Waals surface area contributed by atoms with Crippen LogP contribution in [0.5, 0.6) is 0 Å². The van der Waals surface area contributed by atoms with Crippen molar-refractivity contribution in [1.82, 2.24) is 0 Å². The number of fused-ring (bicyclic) bond motifs is 7. The zero-order chi connectivity index (χ0) is 38.6. The molecule has 290 valence electrons. The third-order valence-corrected chi connectivity index (χ3v) is 15.4. The van der Waals surface area contributed by atoms with Crippen molar-refractivity contribution in [3.8, 4) is 11.1 Å². The lowest BCUT2D eigenvalue weighted by atomic mass is 9.43. The Bertz CT molecular complexity index is 2120. The van der Waals surface area contributed by atoms with Gasteiger partial charge in [0, 0.05) is 6.42 Å². The standard InChI is InChI=1S/C48H56O7/c1-28(14-17-43(50)53-4)39-15-16-40-44-41(19-21-48(39,40)3)47(2)20-18-34(26-33(47)27-42(44)49)55-46(52)38-25-32-13-9-7-11-30(32)23-36(38)35-22-29-10-6-8-12-31(29)24-37(35)45(51)54-5/h6-13,22-25,28,33-34,39-42,44,49H,14-21,26-27H2,1-5H3/t28-,33+,34-,39-,40+,41+,42-,44+,47+,48-/m1/s1. The van der Waals surface area contributed by atoms with E-state index in [1.54, 1.807) is 0 Å². The second-order valence-corrected chi connectivity index (χ2v) is 17.9. The number of aliphatic hydroxyl groups is 1. The molecule has 0 amide bonds. The van der Waals surface area contributed by atoms with Crippen LogP contribution in [0.4, 0.5) is 0 Å². The van der Waals surface area contributed by atoms with Gasteiger partial charge in [-0.25, -0.2) is 9.59 Å². The van der Waals surface area contributed by atoms with Gasteiger partial charge in [-0.05, 0) is 161 Å². The van der Waals surface area contributed by atoms with Crippen molar-refractivity contribution >= 4 is 39.5 Å². The number of benzene rings is 4. The Morgan fingerprint density at radius 1 is 0.727 bits per heavy atom. The number of carbonyl (C=O) groups excluding carboxylic acids is 3. The smallest absolute Gasteiger partial charge is 0.339 e. The second kappa shape index (κ2) is 14.7. The van der Waals surface area contributed by atoms with E-state index in [9.17, 15) is 19.5 Å². The van der Waals surface area contributed by atoms with Gasteiger partial charge in [-0.2, -0.15) is 0 Å². The molecule has 4 aliphatic rings. The number of rotatable bonds is 8. The Hall–Kier alpha value is -4.23. The molecule has 0 unspecified atom stereocenters. The highest BCUT2D eigenvalue weighted by molar-refractivity contribution is 6.09. The molecule has 7 heteroatoms. The Balaban J connectivity index is 1.04. The molecule has 8 rings (SSSR count). The van der Waals surface area contributed by atoms with Gasteiger partial charge >= 0.3 is 17.9 Å².